The Labute approximate surface area is 112 Å². The highest BCUT2D eigenvalue weighted by Crippen LogP contribution is 2.22. The van der Waals surface area contributed by atoms with Gasteiger partial charge in [-0.1, -0.05) is 0 Å². The van der Waals surface area contributed by atoms with Crippen molar-refractivity contribution in [2.45, 2.75) is 13.8 Å². The van der Waals surface area contributed by atoms with Crippen LogP contribution in [-0.4, -0.2) is 10.9 Å². The van der Waals surface area contributed by atoms with Crippen molar-refractivity contribution in [3.63, 3.8) is 0 Å². The van der Waals surface area contributed by atoms with E-state index >= 15 is 0 Å². The number of amides is 1. The lowest BCUT2D eigenvalue weighted by atomic mass is 10.2. The first-order valence-electron chi connectivity index (χ1n) is 5.06. The van der Waals surface area contributed by atoms with Crippen LogP contribution in [0.25, 0.3) is 0 Å². The van der Waals surface area contributed by atoms with Gasteiger partial charge in [0.15, 0.2) is 0 Å². The Balaban J connectivity index is 2.18. The minimum absolute atomic E-state index is 0.110. The lowest BCUT2D eigenvalue weighted by Gasteiger charge is -2.07. The monoisotopic (exact) mass is 310 g/mol. The maximum Gasteiger partial charge on any atom is 0.256 e. The fourth-order valence-electron chi connectivity index (χ4n) is 1.44. The van der Waals surface area contributed by atoms with Gasteiger partial charge in [0.2, 0.25) is 0 Å². The molecule has 0 fully saturated rings. The molecule has 0 saturated carbocycles. The molecule has 0 aromatic carbocycles. The smallest absolute Gasteiger partial charge is 0.256 e. The lowest BCUT2D eigenvalue weighted by Crippen LogP contribution is -2.12. The second-order valence-electron chi connectivity index (χ2n) is 3.68. The Morgan fingerprint density at radius 2 is 2.18 bits per heavy atom. The Morgan fingerprint density at radius 1 is 1.41 bits per heavy atom. The van der Waals surface area contributed by atoms with Gasteiger partial charge in [0.25, 0.3) is 5.91 Å². The van der Waals surface area contributed by atoms with E-state index in [1.807, 2.05) is 31.4 Å². The van der Waals surface area contributed by atoms with E-state index in [4.69, 9.17) is 0 Å². The van der Waals surface area contributed by atoms with Gasteiger partial charge in [0.05, 0.1) is 20.7 Å². The van der Waals surface area contributed by atoms with Crippen molar-refractivity contribution < 1.29 is 4.79 Å². The maximum atomic E-state index is 11.9. The number of nitrogens with one attached hydrogen (secondary N) is 1. The van der Waals surface area contributed by atoms with E-state index in [-0.39, 0.29) is 5.91 Å². The highest BCUT2D eigenvalue weighted by atomic mass is 79.9. The molecule has 0 spiro atoms. The van der Waals surface area contributed by atoms with Gasteiger partial charge >= 0.3 is 0 Å². The Kier molecular flexibility index (Phi) is 3.59. The van der Waals surface area contributed by atoms with Crippen LogP contribution in [0.15, 0.2) is 27.4 Å². The molecule has 3 nitrogen and oxygen atoms in total. The third kappa shape index (κ3) is 2.92. The largest absolute Gasteiger partial charge is 0.320 e. The SMILES string of the molecule is Cc1ccc(NC(=O)c2csc(Br)c2)c(C)n1. The topological polar surface area (TPSA) is 42.0 Å². The summed E-state index contributed by atoms with van der Waals surface area (Å²) >= 11 is 4.83. The van der Waals surface area contributed by atoms with E-state index in [1.165, 1.54) is 11.3 Å². The number of nitrogens with zero attached hydrogens (tertiary/aromatic N) is 1. The number of thiophene rings is 1. The number of aryl methyl sites for hydroxylation is 2. The van der Waals surface area contributed by atoms with Crippen molar-refractivity contribution >= 4 is 38.9 Å². The number of carbonyl (C=O) groups excluding carboxylic acids is 1. The number of rotatable bonds is 2. The van der Waals surface area contributed by atoms with Crippen LogP contribution < -0.4 is 5.32 Å². The summed E-state index contributed by atoms with van der Waals surface area (Å²) in [6, 6.07) is 5.56. The highest BCUT2D eigenvalue weighted by Gasteiger charge is 2.09. The molecule has 0 saturated heterocycles. The molecule has 0 aliphatic heterocycles. The van der Waals surface area contributed by atoms with Gasteiger partial charge in [-0.25, -0.2) is 0 Å². The van der Waals surface area contributed by atoms with E-state index in [1.54, 1.807) is 6.07 Å². The number of aromatic nitrogens is 1. The lowest BCUT2D eigenvalue weighted by molar-refractivity contribution is 0.102. The zero-order valence-electron chi connectivity index (χ0n) is 9.45. The molecule has 17 heavy (non-hydrogen) atoms. The van der Waals surface area contributed by atoms with Crippen molar-refractivity contribution in [1.82, 2.24) is 4.98 Å². The number of pyridine rings is 1. The average molecular weight is 311 g/mol. The summed E-state index contributed by atoms with van der Waals surface area (Å²) in [4.78, 5) is 16.2. The molecule has 1 amide bonds. The molecule has 2 heterocycles. The molecule has 0 atom stereocenters. The van der Waals surface area contributed by atoms with Crippen LogP contribution in [0, 0.1) is 13.8 Å². The molecular weight excluding hydrogens is 300 g/mol. The van der Waals surface area contributed by atoms with Crippen LogP contribution in [0.5, 0.6) is 0 Å². The second kappa shape index (κ2) is 4.98. The molecular formula is C12H11BrN2OS. The van der Waals surface area contributed by atoms with Gasteiger partial charge in [-0.15, -0.1) is 11.3 Å². The third-order valence-corrected chi connectivity index (χ3v) is 3.81. The number of anilines is 1. The molecule has 0 bridgehead atoms. The van der Waals surface area contributed by atoms with Gasteiger partial charge < -0.3 is 5.32 Å². The number of halogens is 1. The van der Waals surface area contributed by atoms with E-state index < -0.39 is 0 Å². The molecule has 2 aromatic rings. The van der Waals surface area contributed by atoms with Crippen molar-refractivity contribution in [2.75, 3.05) is 5.32 Å². The fourth-order valence-corrected chi connectivity index (χ4v) is 2.58. The van der Waals surface area contributed by atoms with Crippen molar-refractivity contribution in [3.05, 3.63) is 44.3 Å². The molecule has 0 aliphatic carbocycles. The summed E-state index contributed by atoms with van der Waals surface area (Å²) in [6.07, 6.45) is 0. The van der Waals surface area contributed by atoms with Gasteiger partial charge in [0.1, 0.15) is 0 Å². The van der Waals surface area contributed by atoms with Gasteiger partial charge in [0, 0.05) is 11.1 Å². The predicted molar refractivity (Wildman–Crippen MR) is 73.7 cm³/mol. The molecule has 88 valence electrons. The van der Waals surface area contributed by atoms with E-state index in [0.717, 1.165) is 20.9 Å². The number of hydrogen-bond acceptors (Lipinski definition) is 3. The average Bonchev–Trinajstić information content (AvgIpc) is 2.69. The molecule has 2 aromatic heterocycles. The zero-order chi connectivity index (χ0) is 12.4. The maximum absolute atomic E-state index is 11.9. The van der Waals surface area contributed by atoms with E-state index in [9.17, 15) is 4.79 Å². The Morgan fingerprint density at radius 3 is 2.76 bits per heavy atom. The number of carbonyl (C=O) groups is 1. The molecule has 0 unspecified atom stereocenters. The van der Waals surface area contributed by atoms with Crippen molar-refractivity contribution in [1.29, 1.82) is 0 Å². The molecule has 1 N–H and O–H groups in total. The fraction of sp³-hybridized carbons (Fsp3) is 0.167. The van der Waals surface area contributed by atoms with Gasteiger partial charge in [-0.3, -0.25) is 9.78 Å². The molecule has 0 radical (unpaired) electrons. The van der Waals surface area contributed by atoms with Crippen LogP contribution in [0.2, 0.25) is 0 Å². The van der Waals surface area contributed by atoms with Crippen LogP contribution in [-0.2, 0) is 0 Å². The second-order valence-corrected chi connectivity index (χ2v) is 5.97. The summed E-state index contributed by atoms with van der Waals surface area (Å²) in [5.41, 5.74) is 3.18. The van der Waals surface area contributed by atoms with Crippen LogP contribution in [0.4, 0.5) is 5.69 Å². The van der Waals surface area contributed by atoms with E-state index in [2.05, 4.69) is 26.2 Å². The van der Waals surface area contributed by atoms with Crippen LogP contribution in [0.1, 0.15) is 21.7 Å². The zero-order valence-corrected chi connectivity index (χ0v) is 11.9. The van der Waals surface area contributed by atoms with Crippen LogP contribution in [0.3, 0.4) is 0 Å². The van der Waals surface area contributed by atoms with E-state index in [0.29, 0.717) is 5.56 Å². The quantitative estimate of drug-likeness (QED) is 0.917. The summed E-state index contributed by atoms with van der Waals surface area (Å²) in [5, 5.41) is 4.67. The van der Waals surface area contributed by atoms with Crippen molar-refractivity contribution in [3.8, 4) is 0 Å². The predicted octanol–water partition coefficient (Wildman–Crippen LogP) is 3.77. The van der Waals surface area contributed by atoms with Gasteiger partial charge in [-0.2, -0.15) is 0 Å². The van der Waals surface area contributed by atoms with Gasteiger partial charge in [-0.05, 0) is 48.0 Å². The highest BCUT2D eigenvalue weighted by molar-refractivity contribution is 9.11. The Bertz CT molecular complexity index is 565. The van der Waals surface area contributed by atoms with Crippen LogP contribution >= 0.6 is 27.3 Å². The minimum atomic E-state index is -0.110. The van der Waals surface area contributed by atoms with Crippen molar-refractivity contribution in [2.24, 2.45) is 0 Å². The first kappa shape index (κ1) is 12.3. The standard InChI is InChI=1S/C12H11BrN2OS/c1-7-3-4-10(8(2)14-7)15-12(16)9-5-11(13)17-6-9/h3-6H,1-2H3,(H,15,16). The molecule has 2 rings (SSSR count). The Hall–Kier alpha value is -1.20. The first-order valence-corrected chi connectivity index (χ1v) is 6.73. The summed E-state index contributed by atoms with van der Waals surface area (Å²) in [7, 11) is 0. The summed E-state index contributed by atoms with van der Waals surface area (Å²) in [5.74, 6) is -0.110. The summed E-state index contributed by atoms with van der Waals surface area (Å²) in [6.45, 7) is 3.81. The first-order chi connectivity index (χ1) is 8.06. The summed E-state index contributed by atoms with van der Waals surface area (Å²) < 4.78 is 0.946. The normalized spacial score (nSPS) is 10.3. The number of hydrogen-bond donors (Lipinski definition) is 1. The molecule has 5 heteroatoms. The molecule has 0 aliphatic rings. The minimum Gasteiger partial charge on any atom is -0.320 e. The third-order valence-electron chi connectivity index (χ3n) is 2.30.